The van der Waals surface area contributed by atoms with E-state index in [1.165, 1.54) is 27.8 Å². The Kier molecular flexibility index (Phi) is 5.87. The van der Waals surface area contributed by atoms with Crippen molar-refractivity contribution in [2.75, 3.05) is 6.61 Å². The van der Waals surface area contributed by atoms with Gasteiger partial charge in [0.1, 0.15) is 0 Å². The first-order valence-electron chi connectivity index (χ1n) is 9.12. The van der Waals surface area contributed by atoms with Gasteiger partial charge in [0, 0.05) is 12.0 Å². The number of benzene rings is 3. The first-order valence-corrected chi connectivity index (χ1v) is 9.12. The van der Waals surface area contributed by atoms with E-state index >= 15 is 0 Å². The van der Waals surface area contributed by atoms with Gasteiger partial charge in [-0.15, -0.1) is 0 Å². The van der Waals surface area contributed by atoms with Crippen LogP contribution in [0.5, 0.6) is 0 Å². The topological polar surface area (TPSA) is 26.3 Å². The summed E-state index contributed by atoms with van der Waals surface area (Å²) in [4.78, 5) is 11.4. The number of carbonyl (C=O) groups is 1. The van der Waals surface area contributed by atoms with E-state index in [1.54, 1.807) is 6.92 Å². The minimum Gasteiger partial charge on any atom is -0.462 e. The number of hydrogen-bond donors (Lipinski definition) is 0. The molecule has 0 bridgehead atoms. The summed E-state index contributed by atoms with van der Waals surface area (Å²) < 4.78 is 5.15. The van der Waals surface area contributed by atoms with Crippen molar-refractivity contribution in [3.63, 3.8) is 0 Å². The maximum atomic E-state index is 11.4. The van der Waals surface area contributed by atoms with Gasteiger partial charge >= 0.3 is 5.97 Å². The Labute approximate surface area is 161 Å². The molecule has 0 saturated carbocycles. The van der Waals surface area contributed by atoms with E-state index in [9.17, 15) is 4.79 Å². The average Bonchev–Trinajstić information content (AvgIpc) is 2.69. The predicted molar refractivity (Wildman–Crippen MR) is 112 cm³/mol. The summed E-state index contributed by atoms with van der Waals surface area (Å²) in [6.45, 7) is 7.70. The molecule has 0 N–H and O–H groups in total. The van der Waals surface area contributed by atoms with Crippen molar-refractivity contribution in [1.29, 1.82) is 0 Å². The highest BCUT2D eigenvalue weighted by Gasteiger charge is 2.04. The molecular formula is C25H24O2. The monoisotopic (exact) mass is 356 g/mol. The molecule has 2 nitrogen and oxygen atoms in total. The van der Waals surface area contributed by atoms with Gasteiger partial charge in [-0.2, -0.15) is 0 Å². The standard InChI is InChI=1S/C25H24O2/c1-18(2)25(26)27-17-16-20-6-10-22(11-7-20)24-14-12-23(13-15-24)21-8-4-19(3)5-9-21/h4-15H,1,16-17H2,2-3H3. The lowest BCUT2D eigenvalue weighted by atomic mass is 9.99. The lowest BCUT2D eigenvalue weighted by Gasteiger charge is -2.07. The molecule has 0 atom stereocenters. The highest BCUT2D eigenvalue weighted by molar-refractivity contribution is 5.86. The number of ether oxygens (including phenoxy) is 1. The molecular weight excluding hydrogens is 332 g/mol. The SMILES string of the molecule is C=C(C)C(=O)OCCc1ccc(-c2ccc(-c3ccc(C)cc3)cc2)cc1. The second-order valence-electron chi connectivity index (χ2n) is 6.81. The van der Waals surface area contributed by atoms with Crippen LogP contribution in [0.3, 0.4) is 0 Å². The molecule has 2 heteroatoms. The summed E-state index contributed by atoms with van der Waals surface area (Å²) in [6.07, 6.45) is 0.700. The molecule has 0 amide bonds. The molecule has 136 valence electrons. The third-order valence-corrected chi connectivity index (χ3v) is 4.53. The largest absolute Gasteiger partial charge is 0.462 e. The molecule has 0 spiro atoms. The Bertz CT molecular complexity index is 918. The van der Waals surface area contributed by atoms with Gasteiger partial charge < -0.3 is 4.74 Å². The summed E-state index contributed by atoms with van der Waals surface area (Å²) in [5, 5.41) is 0. The van der Waals surface area contributed by atoms with Gasteiger partial charge in [-0.1, -0.05) is 84.9 Å². The normalized spacial score (nSPS) is 10.4. The van der Waals surface area contributed by atoms with Gasteiger partial charge in [-0.25, -0.2) is 4.79 Å². The molecule has 3 aromatic carbocycles. The van der Waals surface area contributed by atoms with Crippen molar-refractivity contribution in [3.05, 3.63) is 96.1 Å². The maximum Gasteiger partial charge on any atom is 0.333 e. The molecule has 0 aliphatic heterocycles. The molecule has 0 saturated heterocycles. The smallest absolute Gasteiger partial charge is 0.333 e. The highest BCUT2D eigenvalue weighted by atomic mass is 16.5. The van der Waals surface area contributed by atoms with Crippen LogP contribution in [0.25, 0.3) is 22.3 Å². The Morgan fingerprint density at radius 2 is 1.19 bits per heavy atom. The van der Waals surface area contributed by atoms with Crippen molar-refractivity contribution in [3.8, 4) is 22.3 Å². The molecule has 3 rings (SSSR count). The minimum absolute atomic E-state index is 0.333. The second-order valence-corrected chi connectivity index (χ2v) is 6.81. The van der Waals surface area contributed by atoms with Gasteiger partial charge in [0.2, 0.25) is 0 Å². The fourth-order valence-electron chi connectivity index (χ4n) is 2.85. The summed E-state index contributed by atoms with van der Waals surface area (Å²) in [5.74, 6) is -0.333. The summed E-state index contributed by atoms with van der Waals surface area (Å²) in [6, 6.07) is 25.6. The lowest BCUT2D eigenvalue weighted by molar-refractivity contribution is -0.138. The zero-order chi connectivity index (χ0) is 19.2. The van der Waals surface area contributed by atoms with E-state index < -0.39 is 0 Å². The molecule has 0 aliphatic rings. The average molecular weight is 356 g/mol. The molecule has 0 aromatic heterocycles. The van der Waals surface area contributed by atoms with Crippen molar-refractivity contribution in [2.24, 2.45) is 0 Å². The number of esters is 1. The number of aryl methyl sites for hydroxylation is 1. The summed E-state index contributed by atoms with van der Waals surface area (Å²) in [5.41, 5.74) is 7.65. The van der Waals surface area contributed by atoms with Crippen LogP contribution in [0.2, 0.25) is 0 Å². The van der Waals surface area contributed by atoms with Crippen molar-refractivity contribution in [1.82, 2.24) is 0 Å². The summed E-state index contributed by atoms with van der Waals surface area (Å²) >= 11 is 0. The third kappa shape index (κ3) is 4.95. The van der Waals surface area contributed by atoms with Gasteiger partial charge in [-0.3, -0.25) is 0 Å². The minimum atomic E-state index is -0.333. The van der Waals surface area contributed by atoms with E-state index in [0.29, 0.717) is 18.6 Å². The quantitative estimate of drug-likeness (QED) is 0.400. The Balaban J connectivity index is 1.64. The lowest BCUT2D eigenvalue weighted by Crippen LogP contribution is -2.07. The third-order valence-electron chi connectivity index (χ3n) is 4.53. The van der Waals surface area contributed by atoms with Gasteiger partial charge in [-0.05, 0) is 41.7 Å². The molecule has 0 unspecified atom stereocenters. The zero-order valence-corrected chi connectivity index (χ0v) is 15.9. The number of carbonyl (C=O) groups excluding carboxylic acids is 1. The number of hydrogen-bond acceptors (Lipinski definition) is 2. The summed E-state index contributed by atoms with van der Waals surface area (Å²) in [7, 11) is 0. The molecule has 3 aromatic rings. The van der Waals surface area contributed by atoms with E-state index in [1.807, 2.05) is 0 Å². The van der Waals surface area contributed by atoms with E-state index in [0.717, 1.165) is 5.56 Å². The van der Waals surface area contributed by atoms with Crippen molar-refractivity contribution >= 4 is 5.97 Å². The fourth-order valence-corrected chi connectivity index (χ4v) is 2.85. The fraction of sp³-hybridized carbons (Fsp3) is 0.160. The van der Waals surface area contributed by atoms with E-state index in [2.05, 4.69) is 86.3 Å². The molecule has 27 heavy (non-hydrogen) atoms. The predicted octanol–water partition coefficient (Wildman–Crippen LogP) is 5.99. The van der Waals surface area contributed by atoms with Crippen LogP contribution in [-0.4, -0.2) is 12.6 Å². The Hall–Kier alpha value is -3.13. The van der Waals surface area contributed by atoms with Crippen molar-refractivity contribution in [2.45, 2.75) is 20.3 Å². The first-order chi connectivity index (χ1) is 13.0. The second kappa shape index (κ2) is 8.50. The first kappa shape index (κ1) is 18.7. The van der Waals surface area contributed by atoms with E-state index in [4.69, 9.17) is 4.74 Å². The van der Waals surface area contributed by atoms with E-state index in [-0.39, 0.29) is 5.97 Å². The Morgan fingerprint density at radius 3 is 1.63 bits per heavy atom. The van der Waals surface area contributed by atoms with Crippen LogP contribution in [0, 0.1) is 6.92 Å². The van der Waals surface area contributed by atoms with Crippen LogP contribution in [0.15, 0.2) is 84.9 Å². The van der Waals surface area contributed by atoms with Crippen molar-refractivity contribution < 1.29 is 9.53 Å². The van der Waals surface area contributed by atoms with Gasteiger partial charge in [0.05, 0.1) is 6.61 Å². The molecule has 0 fully saturated rings. The molecule has 0 radical (unpaired) electrons. The Morgan fingerprint density at radius 1 is 0.778 bits per heavy atom. The van der Waals surface area contributed by atoms with Crippen LogP contribution < -0.4 is 0 Å². The highest BCUT2D eigenvalue weighted by Crippen LogP contribution is 2.25. The maximum absolute atomic E-state index is 11.4. The molecule has 0 aliphatic carbocycles. The van der Waals surface area contributed by atoms with Crippen LogP contribution >= 0.6 is 0 Å². The zero-order valence-electron chi connectivity index (χ0n) is 15.9. The van der Waals surface area contributed by atoms with Crippen LogP contribution in [-0.2, 0) is 16.0 Å². The van der Waals surface area contributed by atoms with Gasteiger partial charge in [0.25, 0.3) is 0 Å². The van der Waals surface area contributed by atoms with Gasteiger partial charge in [0.15, 0.2) is 0 Å². The molecule has 0 heterocycles. The van der Waals surface area contributed by atoms with Crippen LogP contribution in [0.1, 0.15) is 18.1 Å². The number of rotatable bonds is 6. The van der Waals surface area contributed by atoms with Crippen LogP contribution in [0.4, 0.5) is 0 Å².